The number of rotatable bonds is 11. The van der Waals surface area contributed by atoms with Crippen LogP contribution < -0.4 is 4.90 Å². The lowest BCUT2D eigenvalue weighted by atomic mass is 10.1. The lowest BCUT2D eigenvalue weighted by Gasteiger charge is -2.30. The van der Waals surface area contributed by atoms with Crippen molar-refractivity contribution in [2.45, 2.75) is 70.8 Å². The maximum atomic E-state index is 13.6. The molecule has 9 nitrogen and oxygen atoms in total. The highest BCUT2D eigenvalue weighted by atomic mass is 16.6. The van der Waals surface area contributed by atoms with E-state index >= 15 is 0 Å². The number of hydrogen-bond acceptors (Lipinski definition) is 8. The first-order chi connectivity index (χ1) is 19.6. The smallest absolute Gasteiger partial charge is 0.410 e. The minimum Gasteiger partial charge on any atom is -0.458 e. The van der Waals surface area contributed by atoms with Gasteiger partial charge in [-0.1, -0.05) is 55.3 Å². The van der Waals surface area contributed by atoms with E-state index in [-0.39, 0.29) is 13.0 Å². The largest absolute Gasteiger partial charge is 0.458 e. The number of ether oxygens (including phenoxy) is 4. The second kappa shape index (κ2) is 13.9. The summed E-state index contributed by atoms with van der Waals surface area (Å²) in [5, 5.41) is 0. The molecule has 1 saturated carbocycles. The number of likely N-dealkylation sites (N-methyl/N-ethyl adjacent to an activating group) is 1. The van der Waals surface area contributed by atoms with Crippen molar-refractivity contribution in [2.24, 2.45) is 5.92 Å². The third-order valence-corrected chi connectivity index (χ3v) is 7.15. The van der Waals surface area contributed by atoms with Gasteiger partial charge >= 0.3 is 18.0 Å². The molecule has 2 atom stereocenters. The third kappa shape index (κ3) is 9.49. The van der Waals surface area contributed by atoms with Crippen molar-refractivity contribution in [2.75, 3.05) is 38.3 Å². The molecule has 1 saturated heterocycles. The van der Waals surface area contributed by atoms with Gasteiger partial charge in [-0.3, -0.25) is 4.90 Å². The summed E-state index contributed by atoms with van der Waals surface area (Å²) in [5.74, 6) is -0.949. The highest BCUT2D eigenvalue weighted by Gasteiger charge is 2.38. The van der Waals surface area contributed by atoms with E-state index in [2.05, 4.69) is 4.90 Å². The Balaban J connectivity index is 1.48. The molecule has 1 aliphatic heterocycles. The normalized spacial score (nSPS) is 16.8. The molecule has 9 heteroatoms. The fourth-order valence-corrected chi connectivity index (χ4v) is 4.63. The molecule has 2 aliphatic rings. The molecular weight excluding hydrogens is 524 g/mol. The van der Waals surface area contributed by atoms with E-state index in [9.17, 15) is 14.4 Å². The summed E-state index contributed by atoms with van der Waals surface area (Å²) in [6, 6.07) is 16.3. The van der Waals surface area contributed by atoms with Crippen LogP contribution in [0.2, 0.25) is 0 Å². The van der Waals surface area contributed by atoms with Crippen molar-refractivity contribution in [1.29, 1.82) is 0 Å². The van der Waals surface area contributed by atoms with Gasteiger partial charge in [-0.05, 0) is 56.4 Å². The molecule has 1 heterocycles. The zero-order valence-electron chi connectivity index (χ0n) is 24.5. The van der Waals surface area contributed by atoms with Gasteiger partial charge in [0.25, 0.3) is 0 Å². The highest BCUT2D eigenvalue weighted by Crippen LogP contribution is 2.35. The third-order valence-electron chi connectivity index (χ3n) is 7.15. The van der Waals surface area contributed by atoms with Crippen LogP contribution in [0.5, 0.6) is 0 Å². The minimum absolute atomic E-state index is 0.0625. The summed E-state index contributed by atoms with van der Waals surface area (Å²) >= 11 is 0. The standard InChI is InChI=1S/C32H42N2O7/c1-32(2,3)41-31(37)33(4)27(20-23-10-11-23)29(35)40-28(30(36)39-22-25-8-6-5-7-9-25)21-24-12-14-26(15-13-24)34-16-18-38-19-17-34/h5-9,12-15,23,27-28H,10-11,16-22H2,1-4H3/t27-,28+/m0/s1. The molecular formula is C32H42N2O7. The Labute approximate surface area is 242 Å². The Morgan fingerprint density at radius 3 is 2.22 bits per heavy atom. The Morgan fingerprint density at radius 1 is 0.951 bits per heavy atom. The number of anilines is 1. The Bertz CT molecular complexity index is 1150. The van der Waals surface area contributed by atoms with E-state index in [0.29, 0.717) is 25.6 Å². The number of hydrogen-bond donors (Lipinski definition) is 0. The second-order valence-corrected chi connectivity index (χ2v) is 11.8. The molecule has 0 N–H and O–H groups in total. The van der Waals surface area contributed by atoms with Crippen LogP contribution in [0.1, 0.15) is 51.2 Å². The van der Waals surface area contributed by atoms with Crippen LogP contribution in [-0.2, 0) is 41.6 Å². The van der Waals surface area contributed by atoms with Gasteiger partial charge in [-0.15, -0.1) is 0 Å². The van der Waals surface area contributed by atoms with Crippen molar-refractivity contribution in [3.05, 3.63) is 65.7 Å². The molecule has 41 heavy (non-hydrogen) atoms. The molecule has 2 aromatic rings. The quantitative estimate of drug-likeness (QED) is 0.284. The van der Waals surface area contributed by atoms with Gasteiger partial charge < -0.3 is 23.8 Å². The number of amides is 1. The molecule has 222 valence electrons. The Kier molecular flexibility index (Phi) is 10.3. The van der Waals surface area contributed by atoms with Crippen LogP contribution in [0.4, 0.5) is 10.5 Å². The first kappa shape index (κ1) is 30.4. The average Bonchev–Trinajstić information content (AvgIpc) is 3.79. The van der Waals surface area contributed by atoms with Gasteiger partial charge in [0.15, 0.2) is 0 Å². The zero-order valence-corrected chi connectivity index (χ0v) is 24.5. The summed E-state index contributed by atoms with van der Waals surface area (Å²) in [5.41, 5.74) is 2.02. The van der Waals surface area contributed by atoms with Crippen molar-refractivity contribution in [3.63, 3.8) is 0 Å². The molecule has 1 amide bonds. The highest BCUT2D eigenvalue weighted by molar-refractivity contribution is 5.85. The molecule has 0 bridgehead atoms. The van der Waals surface area contributed by atoms with E-state index < -0.39 is 35.8 Å². The van der Waals surface area contributed by atoms with Crippen LogP contribution >= 0.6 is 0 Å². The molecule has 4 rings (SSSR count). The summed E-state index contributed by atoms with van der Waals surface area (Å²) in [4.78, 5) is 43.2. The van der Waals surface area contributed by atoms with Crippen LogP contribution in [0.25, 0.3) is 0 Å². The topological polar surface area (TPSA) is 94.6 Å². The number of carbonyl (C=O) groups is 3. The van der Waals surface area contributed by atoms with Gasteiger partial charge in [0.05, 0.1) is 13.2 Å². The Hall–Kier alpha value is -3.59. The predicted molar refractivity (Wildman–Crippen MR) is 154 cm³/mol. The van der Waals surface area contributed by atoms with Crippen LogP contribution in [0, 0.1) is 5.92 Å². The Morgan fingerprint density at radius 2 is 1.61 bits per heavy atom. The minimum atomic E-state index is -1.17. The van der Waals surface area contributed by atoms with Gasteiger partial charge in [-0.2, -0.15) is 0 Å². The maximum absolute atomic E-state index is 13.6. The number of morpholine rings is 1. The van der Waals surface area contributed by atoms with E-state index in [1.807, 2.05) is 54.6 Å². The average molecular weight is 567 g/mol. The summed E-state index contributed by atoms with van der Waals surface area (Å²) in [6.07, 6.45) is 0.800. The first-order valence-electron chi connectivity index (χ1n) is 14.4. The molecule has 0 aromatic heterocycles. The van der Waals surface area contributed by atoms with Crippen LogP contribution in [0.15, 0.2) is 54.6 Å². The molecule has 2 fully saturated rings. The van der Waals surface area contributed by atoms with E-state index in [4.69, 9.17) is 18.9 Å². The fraction of sp³-hybridized carbons (Fsp3) is 0.531. The van der Waals surface area contributed by atoms with Gasteiger partial charge in [0, 0.05) is 32.2 Å². The maximum Gasteiger partial charge on any atom is 0.410 e. The summed E-state index contributed by atoms with van der Waals surface area (Å²) in [6.45, 7) is 8.40. The lowest BCUT2D eigenvalue weighted by molar-refractivity contribution is -0.171. The van der Waals surface area contributed by atoms with Gasteiger partial charge in [0.2, 0.25) is 6.10 Å². The number of esters is 2. The number of benzene rings is 2. The summed E-state index contributed by atoms with van der Waals surface area (Å²) < 4.78 is 22.4. The van der Waals surface area contributed by atoms with E-state index in [1.54, 1.807) is 20.8 Å². The van der Waals surface area contributed by atoms with Gasteiger partial charge in [0.1, 0.15) is 18.2 Å². The van der Waals surface area contributed by atoms with Crippen LogP contribution in [0.3, 0.4) is 0 Å². The molecule has 0 radical (unpaired) electrons. The second-order valence-electron chi connectivity index (χ2n) is 11.8. The van der Waals surface area contributed by atoms with Crippen molar-refractivity contribution < 1.29 is 33.3 Å². The molecule has 2 aromatic carbocycles. The van der Waals surface area contributed by atoms with Crippen molar-refractivity contribution in [1.82, 2.24) is 4.90 Å². The van der Waals surface area contributed by atoms with Crippen molar-refractivity contribution in [3.8, 4) is 0 Å². The van der Waals surface area contributed by atoms with Gasteiger partial charge in [-0.25, -0.2) is 14.4 Å². The summed E-state index contributed by atoms with van der Waals surface area (Å²) in [7, 11) is 1.54. The number of nitrogens with zero attached hydrogens (tertiary/aromatic N) is 2. The van der Waals surface area contributed by atoms with Crippen molar-refractivity contribution >= 4 is 23.7 Å². The lowest BCUT2D eigenvalue weighted by Crippen LogP contribution is -2.47. The van der Waals surface area contributed by atoms with E-state index in [0.717, 1.165) is 42.7 Å². The zero-order chi connectivity index (χ0) is 29.4. The molecule has 0 unspecified atom stereocenters. The fourth-order valence-electron chi connectivity index (χ4n) is 4.63. The van der Waals surface area contributed by atoms with E-state index in [1.165, 1.54) is 11.9 Å². The molecule has 1 aliphatic carbocycles. The SMILES string of the molecule is CN(C(=O)OC(C)(C)C)[C@@H](CC1CC1)C(=O)O[C@H](Cc1ccc(N2CCOCC2)cc1)C(=O)OCc1ccccc1. The first-order valence-corrected chi connectivity index (χ1v) is 14.4. The molecule has 0 spiro atoms. The number of carbonyl (C=O) groups excluding carboxylic acids is 3. The monoisotopic (exact) mass is 566 g/mol. The van der Waals surface area contributed by atoms with Crippen LogP contribution in [-0.4, -0.2) is 74.0 Å². The predicted octanol–water partition coefficient (Wildman–Crippen LogP) is 4.76.